The maximum Gasteiger partial charge on any atom is 0.254 e. The number of fused-ring (bicyclic) bond motifs is 1. The summed E-state index contributed by atoms with van der Waals surface area (Å²) in [7, 11) is 0. The number of hydrogen-bond acceptors (Lipinski definition) is 3. The molecule has 0 saturated carbocycles. The highest BCUT2D eigenvalue weighted by Gasteiger charge is 2.20. The molecule has 1 N–H and O–H groups in total. The minimum atomic E-state index is 0.00917. The highest BCUT2D eigenvalue weighted by atomic mass is 35.5. The monoisotopic (exact) mass is 289 g/mol. The van der Waals surface area contributed by atoms with E-state index in [1.165, 1.54) is 5.56 Å². The summed E-state index contributed by atoms with van der Waals surface area (Å²) < 4.78 is 0. The molecular formula is C15H16ClN3O. The lowest BCUT2D eigenvalue weighted by atomic mass is 10.1. The van der Waals surface area contributed by atoms with Crippen molar-refractivity contribution in [3.8, 4) is 0 Å². The first-order chi connectivity index (χ1) is 9.61. The van der Waals surface area contributed by atoms with Crippen molar-refractivity contribution < 1.29 is 0 Å². The van der Waals surface area contributed by atoms with Crippen LogP contribution in [0.5, 0.6) is 0 Å². The van der Waals surface area contributed by atoms with Gasteiger partial charge in [-0.25, -0.2) is 4.98 Å². The first-order valence-corrected chi connectivity index (χ1v) is 7.05. The molecule has 1 aromatic heterocycles. The number of benzene rings is 1. The second-order valence-electron chi connectivity index (χ2n) is 5.17. The number of hydrogen-bond donors (Lipinski definition) is 1. The molecule has 5 heteroatoms. The van der Waals surface area contributed by atoms with Gasteiger partial charge >= 0.3 is 0 Å². The van der Waals surface area contributed by atoms with Crippen LogP contribution in [0.4, 0.5) is 0 Å². The van der Waals surface area contributed by atoms with Gasteiger partial charge in [-0.2, -0.15) is 0 Å². The molecule has 0 spiro atoms. The van der Waals surface area contributed by atoms with Crippen LogP contribution >= 0.6 is 11.6 Å². The van der Waals surface area contributed by atoms with Gasteiger partial charge in [0.2, 0.25) is 0 Å². The van der Waals surface area contributed by atoms with E-state index in [9.17, 15) is 4.79 Å². The Hall–Kier alpha value is -1.65. The molecule has 0 atom stereocenters. The molecule has 0 unspecified atom stereocenters. The molecule has 0 radical (unpaired) electrons. The van der Waals surface area contributed by atoms with Crippen LogP contribution in [0.2, 0.25) is 5.02 Å². The molecule has 1 aliphatic heterocycles. The third-order valence-electron chi connectivity index (χ3n) is 3.57. The molecule has 3 rings (SSSR count). The second-order valence-corrected chi connectivity index (χ2v) is 5.60. The Kier molecular flexibility index (Phi) is 3.59. The Morgan fingerprint density at radius 2 is 2.30 bits per heavy atom. The van der Waals surface area contributed by atoms with Gasteiger partial charge < -0.3 is 4.98 Å². The number of aromatic amines is 1. The van der Waals surface area contributed by atoms with Gasteiger partial charge in [-0.05, 0) is 31.0 Å². The van der Waals surface area contributed by atoms with Crippen molar-refractivity contribution in [2.75, 3.05) is 6.54 Å². The van der Waals surface area contributed by atoms with Gasteiger partial charge in [0.1, 0.15) is 5.82 Å². The van der Waals surface area contributed by atoms with E-state index in [0.717, 1.165) is 35.8 Å². The summed E-state index contributed by atoms with van der Waals surface area (Å²) in [5.74, 6) is 0.679. The summed E-state index contributed by atoms with van der Waals surface area (Å²) in [5.41, 5.74) is 2.93. The molecular weight excluding hydrogens is 274 g/mol. The Labute approximate surface area is 122 Å². The van der Waals surface area contributed by atoms with Crippen LogP contribution < -0.4 is 5.56 Å². The van der Waals surface area contributed by atoms with E-state index in [4.69, 9.17) is 11.6 Å². The highest BCUT2D eigenvalue weighted by molar-refractivity contribution is 6.30. The Bertz CT molecular complexity index is 696. The Balaban J connectivity index is 1.80. The average molecular weight is 290 g/mol. The predicted octanol–water partition coefficient (Wildman–Crippen LogP) is 2.29. The van der Waals surface area contributed by atoms with Crippen molar-refractivity contribution in [1.82, 2.24) is 14.9 Å². The zero-order valence-corrected chi connectivity index (χ0v) is 12.1. The van der Waals surface area contributed by atoms with Crippen LogP contribution in [0, 0.1) is 6.92 Å². The fourth-order valence-corrected chi connectivity index (χ4v) is 2.86. The molecule has 2 heterocycles. The largest absolute Gasteiger partial charge is 0.311 e. The number of nitrogens with zero attached hydrogens (tertiary/aromatic N) is 2. The van der Waals surface area contributed by atoms with Gasteiger partial charge in [0.25, 0.3) is 5.56 Å². The van der Waals surface area contributed by atoms with E-state index in [-0.39, 0.29) is 5.56 Å². The zero-order chi connectivity index (χ0) is 14.1. The lowest BCUT2D eigenvalue weighted by Crippen LogP contribution is -2.35. The fourth-order valence-electron chi connectivity index (χ4n) is 2.65. The van der Waals surface area contributed by atoms with E-state index in [2.05, 4.69) is 20.9 Å². The Morgan fingerprint density at radius 1 is 1.45 bits per heavy atom. The molecule has 0 bridgehead atoms. The SMILES string of the molecule is Cc1nc2c(c(=O)[nH]1)CCN(Cc1cccc(Cl)c1)C2. The van der Waals surface area contributed by atoms with Crippen molar-refractivity contribution in [2.45, 2.75) is 26.4 Å². The normalized spacial score (nSPS) is 15.1. The molecule has 104 valence electrons. The molecule has 4 nitrogen and oxygen atoms in total. The molecule has 20 heavy (non-hydrogen) atoms. The minimum absolute atomic E-state index is 0.00917. The van der Waals surface area contributed by atoms with Crippen LogP contribution in [-0.2, 0) is 19.5 Å². The number of aromatic nitrogens is 2. The van der Waals surface area contributed by atoms with Crippen molar-refractivity contribution in [2.24, 2.45) is 0 Å². The molecule has 1 aromatic carbocycles. The third kappa shape index (κ3) is 2.76. The fraction of sp³-hybridized carbons (Fsp3) is 0.333. The highest BCUT2D eigenvalue weighted by Crippen LogP contribution is 2.18. The van der Waals surface area contributed by atoms with Gasteiger partial charge in [0.15, 0.2) is 0 Å². The van der Waals surface area contributed by atoms with Crippen LogP contribution in [-0.4, -0.2) is 21.4 Å². The molecule has 0 amide bonds. The van der Waals surface area contributed by atoms with Crippen LogP contribution in [0.25, 0.3) is 0 Å². The Morgan fingerprint density at radius 3 is 3.10 bits per heavy atom. The summed E-state index contributed by atoms with van der Waals surface area (Å²) in [6.07, 6.45) is 0.749. The molecule has 1 aliphatic rings. The number of aryl methyl sites for hydroxylation is 1. The molecule has 0 saturated heterocycles. The van der Waals surface area contributed by atoms with Crippen molar-refractivity contribution in [1.29, 1.82) is 0 Å². The topological polar surface area (TPSA) is 49.0 Å². The van der Waals surface area contributed by atoms with Crippen LogP contribution in [0.3, 0.4) is 0 Å². The van der Waals surface area contributed by atoms with Crippen molar-refractivity contribution >= 4 is 11.6 Å². The molecule has 0 fully saturated rings. The molecule has 0 aliphatic carbocycles. The zero-order valence-electron chi connectivity index (χ0n) is 11.3. The van der Waals surface area contributed by atoms with Gasteiger partial charge in [-0.1, -0.05) is 23.7 Å². The smallest absolute Gasteiger partial charge is 0.254 e. The minimum Gasteiger partial charge on any atom is -0.311 e. The summed E-state index contributed by atoms with van der Waals surface area (Å²) >= 11 is 6.01. The first kappa shape index (κ1) is 13.3. The number of nitrogens with one attached hydrogen (secondary N) is 1. The summed E-state index contributed by atoms with van der Waals surface area (Å²) in [6, 6.07) is 7.88. The van der Waals surface area contributed by atoms with Crippen LogP contribution in [0.15, 0.2) is 29.1 Å². The number of rotatable bonds is 2. The third-order valence-corrected chi connectivity index (χ3v) is 3.80. The quantitative estimate of drug-likeness (QED) is 0.923. The van der Waals surface area contributed by atoms with E-state index in [1.807, 2.05) is 25.1 Å². The lowest BCUT2D eigenvalue weighted by Gasteiger charge is -2.27. The van der Waals surface area contributed by atoms with E-state index in [0.29, 0.717) is 12.4 Å². The van der Waals surface area contributed by atoms with Gasteiger partial charge in [-0.15, -0.1) is 0 Å². The maximum absolute atomic E-state index is 11.9. The standard InChI is InChI=1S/C15H16ClN3O/c1-10-17-14-9-19(6-5-13(14)15(20)18-10)8-11-3-2-4-12(16)7-11/h2-4,7H,5-6,8-9H2,1H3,(H,17,18,20). The average Bonchev–Trinajstić information content (AvgIpc) is 2.38. The predicted molar refractivity (Wildman–Crippen MR) is 78.9 cm³/mol. The summed E-state index contributed by atoms with van der Waals surface area (Å²) in [6.45, 7) is 4.23. The van der Waals surface area contributed by atoms with E-state index in [1.54, 1.807) is 0 Å². The van der Waals surface area contributed by atoms with Crippen molar-refractivity contribution in [3.05, 3.63) is 62.3 Å². The van der Waals surface area contributed by atoms with E-state index < -0.39 is 0 Å². The van der Waals surface area contributed by atoms with E-state index >= 15 is 0 Å². The van der Waals surface area contributed by atoms with Crippen molar-refractivity contribution in [3.63, 3.8) is 0 Å². The number of H-pyrrole nitrogens is 1. The summed E-state index contributed by atoms with van der Waals surface area (Å²) in [5, 5.41) is 0.755. The van der Waals surface area contributed by atoms with Gasteiger partial charge in [0, 0.05) is 30.2 Å². The number of halogens is 1. The molecule has 2 aromatic rings. The first-order valence-electron chi connectivity index (χ1n) is 6.67. The van der Waals surface area contributed by atoms with Gasteiger partial charge in [-0.3, -0.25) is 9.69 Å². The van der Waals surface area contributed by atoms with Gasteiger partial charge in [0.05, 0.1) is 5.69 Å². The summed E-state index contributed by atoms with van der Waals surface area (Å²) in [4.78, 5) is 21.4. The second kappa shape index (κ2) is 5.38. The lowest BCUT2D eigenvalue weighted by molar-refractivity contribution is 0.240. The van der Waals surface area contributed by atoms with Crippen LogP contribution in [0.1, 0.15) is 22.6 Å². The maximum atomic E-state index is 11.9.